The fourth-order valence-electron chi connectivity index (χ4n) is 3.41. The van der Waals surface area contributed by atoms with Gasteiger partial charge in [0, 0.05) is 50.5 Å². The summed E-state index contributed by atoms with van der Waals surface area (Å²) in [6, 6.07) is 9.40. The molecule has 10 heteroatoms. The Hall–Kier alpha value is -2.63. The van der Waals surface area contributed by atoms with Crippen LogP contribution in [0.5, 0.6) is 5.75 Å². The number of pyridine rings is 1. The number of rotatable bonds is 8. The first kappa shape index (κ1) is 25.6. The van der Waals surface area contributed by atoms with Gasteiger partial charge in [-0.2, -0.15) is 0 Å². The highest BCUT2D eigenvalue weighted by Crippen LogP contribution is 2.20. The zero-order valence-electron chi connectivity index (χ0n) is 18.1. The zero-order valence-corrected chi connectivity index (χ0v) is 20.4. The number of aromatic nitrogens is 1. The molecule has 174 valence electrons. The molecular weight excluding hydrogens is 526 g/mol. The van der Waals surface area contributed by atoms with Crippen molar-refractivity contribution in [3.63, 3.8) is 0 Å². The number of anilines is 1. The quantitative estimate of drug-likeness (QED) is 0.173. The molecule has 1 aromatic carbocycles. The summed E-state index contributed by atoms with van der Waals surface area (Å²) in [5, 5.41) is 18.9. The van der Waals surface area contributed by atoms with Crippen LogP contribution in [-0.4, -0.2) is 60.7 Å². The number of carbonyl (C=O) groups excluding carboxylic acids is 1. The van der Waals surface area contributed by atoms with Crippen LogP contribution in [0.2, 0.25) is 0 Å². The van der Waals surface area contributed by atoms with Crippen molar-refractivity contribution in [2.45, 2.75) is 25.8 Å². The number of carbonyl (C=O) groups is 1. The molecule has 1 atom stereocenters. The van der Waals surface area contributed by atoms with E-state index in [9.17, 15) is 14.3 Å². The molecule has 2 aromatic rings. The predicted molar refractivity (Wildman–Crippen MR) is 134 cm³/mol. The fraction of sp³-hybridized carbons (Fsp3) is 0.409. The first-order chi connectivity index (χ1) is 15.1. The zero-order chi connectivity index (χ0) is 22.1. The van der Waals surface area contributed by atoms with Crippen molar-refractivity contribution in [1.82, 2.24) is 20.9 Å². The summed E-state index contributed by atoms with van der Waals surface area (Å²) in [5.41, 5.74) is 0.425. The normalized spacial score (nSPS) is 15.8. The molecule has 8 nitrogen and oxygen atoms in total. The largest absolute Gasteiger partial charge is 0.508 e. The van der Waals surface area contributed by atoms with Crippen molar-refractivity contribution < 1.29 is 14.3 Å². The van der Waals surface area contributed by atoms with E-state index in [0.29, 0.717) is 43.4 Å². The SMILES string of the molecule is CCNC(=NCCCNC(=O)c1cccc(O)c1)NC1CCN(c2ncccc2F)C1.I. The van der Waals surface area contributed by atoms with Gasteiger partial charge in [0.05, 0.1) is 0 Å². The number of phenolic OH excluding ortho intramolecular Hbond substituents is 1. The maximum absolute atomic E-state index is 14.0. The highest BCUT2D eigenvalue weighted by Gasteiger charge is 2.25. The Labute approximate surface area is 204 Å². The van der Waals surface area contributed by atoms with Crippen LogP contribution in [-0.2, 0) is 0 Å². The third-order valence-electron chi connectivity index (χ3n) is 4.91. The molecule has 1 fully saturated rings. The van der Waals surface area contributed by atoms with E-state index < -0.39 is 0 Å². The van der Waals surface area contributed by atoms with Crippen LogP contribution < -0.4 is 20.9 Å². The smallest absolute Gasteiger partial charge is 0.251 e. The highest BCUT2D eigenvalue weighted by molar-refractivity contribution is 14.0. The summed E-state index contributed by atoms with van der Waals surface area (Å²) in [5.74, 6) is 0.621. The molecule has 3 rings (SSSR count). The molecule has 1 aliphatic heterocycles. The molecule has 1 amide bonds. The molecule has 0 spiro atoms. The molecule has 1 aromatic heterocycles. The van der Waals surface area contributed by atoms with Crippen LogP contribution in [0, 0.1) is 5.82 Å². The Morgan fingerprint density at radius 3 is 2.91 bits per heavy atom. The van der Waals surface area contributed by atoms with Gasteiger partial charge in [0.15, 0.2) is 17.6 Å². The van der Waals surface area contributed by atoms with Crippen LogP contribution >= 0.6 is 24.0 Å². The van der Waals surface area contributed by atoms with Crippen LogP contribution in [0.4, 0.5) is 10.2 Å². The summed E-state index contributed by atoms with van der Waals surface area (Å²) in [7, 11) is 0. The maximum Gasteiger partial charge on any atom is 0.251 e. The summed E-state index contributed by atoms with van der Waals surface area (Å²) in [6.07, 6.45) is 3.14. The molecule has 0 radical (unpaired) electrons. The van der Waals surface area contributed by atoms with Crippen LogP contribution in [0.25, 0.3) is 0 Å². The van der Waals surface area contributed by atoms with Gasteiger partial charge in [0.2, 0.25) is 0 Å². The minimum Gasteiger partial charge on any atom is -0.508 e. The molecule has 32 heavy (non-hydrogen) atoms. The van der Waals surface area contributed by atoms with E-state index in [2.05, 4.69) is 25.9 Å². The predicted octanol–water partition coefficient (Wildman–Crippen LogP) is 2.50. The van der Waals surface area contributed by atoms with Gasteiger partial charge in [-0.1, -0.05) is 6.07 Å². The number of amides is 1. The number of guanidine groups is 1. The van der Waals surface area contributed by atoms with Crippen molar-refractivity contribution in [3.05, 3.63) is 54.0 Å². The Bertz CT molecular complexity index is 913. The van der Waals surface area contributed by atoms with Gasteiger partial charge in [-0.25, -0.2) is 9.37 Å². The van der Waals surface area contributed by atoms with Crippen LogP contribution in [0.3, 0.4) is 0 Å². The Kier molecular flexibility index (Phi) is 10.4. The van der Waals surface area contributed by atoms with Gasteiger partial charge < -0.3 is 26.0 Å². The molecule has 1 unspecified atom stereocenters. The van der Waals surface area contributed by atoms with E-state index >= 15 is 0 Å². The van der Waals surface area contributed by atoms with E-state index in [1.165, 1.54) is 18.2 Å². The van der Waals surface area contributed by atoms with E-state index in [1.807, 2.05) is 11.8 Å². The number of nitrogens with one attached hydrogen (secondary N) is 3. The number of benzene rings is 1. The fourth-order valence-corrected chi connectivity index (χ4v) is 3.41. The molecule has 2 heterocycles. The van der Waals surface area contributed by atoms with Gasteiger partial charge in [-0.15, -0.1) is 24.0 Å². The average molecular weight is 556 g/mol. The number of aliphatic imine (C=N–C) groups is 1. The lowest BCUT2D eigenvalue weighted by molar-refractivity contribution is 0.0953. The molecule has 0 bridgehead atoms. The summed E-state index contributed by atoms with van der Waals surface area (Å²) < 4.78 is 14.0. The van der Waals surface area contributed by atoms with E-state index in [1.54, 1.807) is 24.4 Å². The summed E-state index contributed by atoms with van der Waals surface area (Å²) in [6.45, 7) is 5.13. The minimum absolute atomic E-state index is 0. The lowest BCUT2D eigenvalue weighted by Crippen LogP contribution is -2.44. The molecule has 4 N–H and O–H groups in total. The second-order valence-electron chi connectivity index (χ2n) is 7.31. The van der Waals surface area contributed by atoms with Gasteiger partial charge in [-0.05, 0) is 50.1 Å². The van der Waals surface area contributed by atoms with Crippen molar-refractivity contribution in [2.75, 3.05) is 37.6 Å². The van der Waals surface area contributed by atoms with Gasteiger partial charge in [0.25, 0.3) is 5.91 Å². The number of halogens is 2. The molecule has 0 saturated carbocycles. The van der Waals surface area contributed by atoms with Crippen molar-refractivity contribution in [1.29, 1.82) is 0 Å². The van der Waals surface area contributed by atoms with Gasteiger partial charge in [-0.3, -0.25) is 9.79 Å². The van der Waals surface area contributed by atoms with E-state index in [-0.39, 0.29) is 47.5 Å². The molecule has 0 aliphatic carbocycles. The molecule has 1 aliphatic rings. The third-order valence-corrected chi connectivity index (χ3v) is 4.91. The van der Waals surface area contributed by atoms with E-state index in [4.69, 9.17) is 0 Å². The van der Waals surface area contributed by atoms with Crippen LogP contribution in [0.1, 0.15) is 30.1 Å². The number of hydrogen-bond acceptors (Lipinski definition) is 5. The Morgan fingerprint density at radius 1 is 1.31 bits per heavy atom. The number of nitrogens with zero attached hydrogens (tertiary/aromatic N) is 3. The Morgan fingerprint density at radius 2 is 2.16 bits per heavy atom. The first-order valence-corrected chi connectivity index (χ1v) is 10.5. The average Bonchev–Trinajstić information content (AvgIpc) is 3.22. The lowest BCUT2D eigenvalue weighted by Gasteiger charge is -2.20. The second-order valence-corrected chi connectivity index (χ2v) is 7.31. The standard InChI is InChI=1S/C22H29FN6O2.HI/c1-2-24-22(27-12-5-11-26-21(31)16-6-3-7-18(30)14-16)28-17-9-13-29(15-17)20-19(23)8-4-10-25-20;/h3-4,6-8,10,14,17,30H,2,5,9,11-13,15H2,1H3,(H,26,31)(H2,24,27,28);1H. The lowest BCUT2D eigenvalue weighted by atomic mass is 10.2. The van der Waals surface area contributed by atoms with Crippen molar-refractivity contribution in [2.24, 2.45) is 4.99 Å². The molecule has 1 saturated heterocycles. The summed E-state index contributed by atoms with van der Waals surface area (Å²) in [4.78, 5) is 22.7. The molecular formula is C22H30FIN6O2. The first-order valence-electron chi connectivity index (χ1n) is 10.5. The Balaban J connectivity index is 0.00000363. The van der Waals surface area contributed by atoms with Crippen molar-refractivity contribution in [3.8, 4) is 5.75 Å². The van der Waals surface area contributed by atoms with Gasteiger partial charge >= 0.3 is 0 Å². The number of aromatic hydroxyl groups is 1. The highest BCUT2D eigenvalue weighted by atomic mass is 127. The van der Waals surface area contributed by atoms with Crippen LogP contribution in [0.15, 0.2) is 47.6 Å². The van der Waals surface area contributed by atoms with Gasteiger partial charge in [0.1, 0.15) is 5.75 Å². The van der Waals surface area contributed by atoms with E-state index in [0.717, 1.165) is 19.5 Å². The van der Waals surface area contributed by atoms with Crippen molar-refractivity contribution >= 4 is 41.7 Å². The second kappa shape index (κ2) is 13.0. The topological polar surface area (TPSA) is 102 Å². The third kappa shape index (κ3) is 7.50. The number of hydrogen-bond donors (Lipinski definition) is 4. The maximum atomic E-state index is 14.0. The minimum atomic E-state index is -0.309. The number of phenols is 1. The monoisotopic (exact) mass is 556 g/mol. The summed E-state index contributed by atoms with van der Waals surface area (Å²) >= 11 is 0.